The Balaban J connectivity index is 2.11. The number of carbonyl (C=O) groups is 1. The van der Waals surface area contributed by atoms with Gasteiger partial charge in [-0.2, -0.15) is 5.10 Å². The van der Waals surface area contributed by atoms with Crippen molar-refractivity contribution >= 4 is 16.9 Å². The molecule has 0 aliphatic heterocycles. The summed E-state index contributed by atoms with van der Waals surface area (Å²) in [7, 11) is 0. The maximum absolute atomic E-state index is 12.3. The summed E-state index contributed by atoms with van der Waals surface area (Å²) in [5.41, 5.74) is 2.17. The maximum Gasteiger partial charge on any atom is 0.253 e. The lowest BCUT2D eigenvalue weighted by Gasteiger charge is -2.10. The fourth-order valence-electron chi connectivity index (χ4n) is 2.33. The molecule has 2 rings (SSSR count). The average Bonchev–Trinajstić information content (AvgIpc) is 2.88. The Kier molecular flexibility index (Phi) is 5.49. The van der Waals surface area contributed by atoms with Crippen LogP contribution in [-0.4, -0.2) is 40.3 Å². The Morgan fingerprint density at radius 1 is 1.32 bits per heavy atom. The zero-order chi connectivity index (χ0) is 16.1. The van der Waals surface area contributed by atoms with Gasteiger partial charge >= 0.3 is 0 Å². The monoisotopic (exact) mass is 303 g/mol. The third-order valence-corrected chi connectivity index (χ3v) is 3.51. The summed E-state index contributed by atoms with van der Waals surface area (Å²) in [6, 6.07) is 2.12. The molecule has 0 aliphatic carbocycles. The Labute approximate surface area is 131 Å². The van der Waals surface area contributed by atoms with Crippen LogP contribution in [-0.2, 0) is 0 Å². The minimum Gasteiger partial charge on any atom is -0.351 e. The van der Waals surface area contributed by atoms with Crippen molar-refractivity contribution in [1.29, 1.82) is 0 Å². The number of hydrogen-bond acceptors (Lipinski definition) is 4. The number of carbonyl (C=O) groups excluding carboxylic acids is 1. The zero-order valence-electron chi connectivity index (χ0n) is 13.8. The highest BCUT2D eigenvalue weighted by molar-refractivity contribution is 5.98. The molecule has 2 heterocycles. The minimum atomic E-state index is -0.0810. The number of nitrogens with one attached hydrogen (secondary N) is 2. The molecule has 0 aliphatic rings. The summed E-state index contributed by atoms with van der Waals surface area (Å²) in [6.07, 6.45) is 2.86. The van der Waals surface area contributed by atoms with Crippen LogP contribution in [0.3, 0.4) is 0 Å². The minimum absolute atomic E-state index is 0.0810. The van der Waals surface area contributed by atoms with Crippen LogP contribution < -0.4 is 10.6 Å². The summed E-state index contributed by atoms with van der Waals surface area (Å²) >= 11 is 0. The van der Waals surface area contributed by atoms with Crippen molar-refractivity contribution < 1.29 is 4.79 Å². The molecular weight excluding hydrogens is 278 g/mol. The highest BCUT2D eigenvalue weighted by Gasteiger charge is 2.14. The second-order valence-electron chi connectivity index (χ2n) is 5.72. The van der Waals surface area contributed by atoms with Crippen molar-refractivity contribution in [2.24, 2.45) is 0 Å². The van der Waals surface area contributed by atoms with Crippen LogP contribution >= 0.6 is 0 Å². The van der Waals surface area contributed by atoms with Crippen LogP contribution in [0.1, 0.15) is 49.3 Å². The molecule has 0 fully saturated rings. The van der Waals surface area contributed by atoms with Crippen molar-refractivity contribution in [2.45, 2.75) is 40.2 Å². The molecule has 0 unspecified atom stereocenters. The van der Waals surface area contributed by atoms with E-state index in [1.807, 2.05) is 17.7 Å². The molecule has 0 saturated heterocycles. The lowest BCUT2D eigenvalue weighted by molar-refractivity contribution is 0.0953. The third-order valence-electron chi connectivity index (χ3n) is 3.51. The molecule has 6 heteroatoms. The number of rotatable bonds is 7. The predicted octanol–water partition coefficient (Wildman–Crippen LogP) is 2.05. The van der Waals surface area contributed by atoms with Crippen LogP contribution in [0.15, 0.2) is 12.3 Å². The first kappa shape index (κ1) is 16.4. The van der Waals surface area contributed by atoms with Crippen molar-refractivity contribution in [1.82, 2.24) is 25.4 Å². The van der Waals surface area contributed by atoms with E-state index in [2.05, 4.69) is 41.5 Å². The molecule has 0 atom stereocenters. The van der Waals surface area contributed by atoms with E-state index >= 15 is 0 Å². The van der Waals surface area contributed by atoms with Gasteiger partial charge in [-0.25, -0.2) is 9.67 Å². The number of pyridine rings is 1. The number of aromatic nitrogens is 3. The second kappa shape index (κ2) is 7.35. The predicted molar refractivity (Wildman–Crippen MR) is 88.1 cm³/mol. The van der Waals surface area contributed by atoms with Crippen molar-refractivity contribution in [3.05, 3.63) is 23.5 Å². The normalized spacial score (nSPS) is 11.3. The van der Waals surface area contributed by atoms with Crippen LogP contribution in [0.2, 0.25) is 0 Å². The lowest BCUT2D eigenvalue weighted by Crippen LogP contribution is -2.32. The molecule has 0 spiro atoms. The molecule has 2 aromatic heterocycles. The third kappa shape index (κ3) is 3.62. The summed E-state index contributed by atoms with van der Waals surface area (Å²) < 4.78 is 1.87. The van der Waals surface area contributed by atoms with Gasteiger partial charge in [-0.3, -0.25) is 4.79 Å². The molecule has 1 amide bonds. The molecule has 6 nitrogen and oxygen atoms in total. The molecule has 2 aromatic rings. The van der Waals surface area contributed by atoms with E-state index in [4.69, 9.17) is 0 Å². The van der Waals surface area contributed by atoms with E-state index < -0.39 is 0 Å². The zero-order valence-corrected chi connectivity index (χ0v) is 13.8. The van der Waals surface area contributed by atoms with Gasteiger partial charge in [0.15, 0.2) is 5.65 Å². The van der Waals surface area contributed by atoms with Gasteiger partial charge in [-0.05, 0) is 39.8 Å². The molecule has 0 saturated carbocycles. The van der Waals surface area contributed by atoms with E-state index in [0.717, 1.165) is 36.2 Å². The fraction of sp³-hybridized carbons (Fsp3) is 0.562. The summed E-state index contributed by atoms with van der Waals surface area (Å²) in [5, 5.41) is 11.4. The Morgan fingerprint density at radius 2 is 2.09 bits per heavy atom. The van der Waals surface area contributed by atoms with E-state index in [1.165, 1.54) is 0 Å². The smallest absolute Gasteiger partial charge is 0.253 e. The number of fused-ring (bicyclic) bond motifs is 1. The van der Waals surface area contributed by atoms with Crippen LogP contribution in [0.5, 0.6) is 0 Å². The SMILES string of the molecule is CCCNCCNC(=O)c1cc2cnn(C(C)C)c2nc1C. The number of hydrogen-bond donors (Lipinski definition) is 2. The van der Waals surface area contributed by atoms with Gasteiger partial charge in [0.05, 0.1) is 17.5 Å². The standard InChI is InChI=1S/C16H25N5O/c1-5-6-17-7-8-18-16(22)14-9-13-10-19-21(11(2)3)15(13)20-12(14)4/h9-11,17H,5-8H2,1-4H3,(H,18,22). The molecule has 120 valence electrons. The molecule has 2 N–H and O–H groups in total. The fourth-order valence-corrected chi connectivity index (χ4v) is 2.33. The Morgan fingerprint density at radius 3 is 2.77 bits per heavy atom. The lowest BCUT2D eigenvalue weighted by atomic mass is 10.1. The quantitative estimate of drug-likeness (QED) is 0.768. The first-order valence-corrected chi connectivity index (χ1v) is 7.88. The number of amides is 1. The van der Waals surface area contributed by atoms with Crippen LogP contribution in [0.25, 0.3) is 11.0 Å². The van der Waals surface area contributed by atoms with Gasteiger partial charge < -0.3 is 10.6 Å². The topological polar surface area (TPSA) is 71.8 Å². The Bertz CT molecular complexity index is 647. The van der Waals surface area contributed by atoms with Gasteiger partial charge in [0, 0.05) is 24.5 Å². The largest absolute Gasteiger partial charge is 0.351 e. The first-order valence-electron chi connectivity index (χ1n) is 7.88. The number of aryl methyl sites for hydroxylation is 1. The highest BCUT2D eigenvalue weighted by Crippen LogP contribution is 2.19. The first-order chi connectivity index (χ1) is 10.5. The molecule has 22 heavy (non-hydrogen) atoms. The van der Waals surface area contributed by atoms with Crippen molar-refractivity contribution in [3.63, 3.8) is 0 Å². The highest BCUT2D eigenvalue weighted by atomic mass is 16.1. The maximum atomic E-state index is 12.3. The van der Waals surface area contributed by atoms with Gasteiger partial charge in [0.1, 0.15) is 0 Å². The summed E-state index contributed by atoms with van der Waals surface area (Å²) in [6.45, 7) is 10.5. The van der Waals surface area contributed by atoms with Crippen molar-refractivity contribution in [3.8, 4) is 0 Å². The molecule has 0 radical (unpaired) electrons. The van der Waals surface area contributed by atoms with Crippen molar-refractivity contribution in [2.75, 3.05) is 19.6 Å². The summed E-state index contributed by atoms with van der Waals surface area (Å²) in [4.78, 5) is 16.8. The molecule has 0 bridgehead atoms. The number of nitrogens with zero attached hydrogens (tertiary/aromatic N) is 3. The summed E-state index contributed by atoms with van der Waals surface area (Å²) in [5.74, 6) is -0.0810. The van der Waals surface area contributed by atoms with E-state index in [-0.39, 0.29) is 11.9 Å². The molecule has 0 aromatic carbocycles. The average molecular weight is 303 g/mol. The van der Waals surface area contributed by atoms with Crippen LogP contribution in [0.4, 0.5) is 0 Å². The van der Waals surface area contributed by atoms with E-state index in [0.29, 0.717) is 12.1 Å². The van der Waals surface area contributed by atoms with Gasteiger partial charge in [-0.15, -0.1) is 0 Å². The van der Waals surface area contributed by atoms with Gasteiger partial charge in [-0.1, -0.05) is 6.92 Å². The molecular formula is C16H25N5O. The van der Waals surface area contributed by atoms with Crippen LogP contribution in [0, 0.1) is 6.92 Å². The van der Waals surface area contributed by atoms with E-state index in [9.17, 15) is 4.79 Å². The van der Waals surface area contributed by atoms with Gasteiger partial charge in [0.2, 0.25) is 0 Å². The van der Waals surface area contributed by atoms with E-state index in [1.54, 1.807) is 6.20 Å². The Hall–Kier alpha value is -1.95. The van der Waals surface area contributed by atoms with Gasteiger partial charge in [0.25, 0.3) is 5.91 Å². The second-order valence-corrected chi connectivity index (χ2v) is 5.72.